The van der Waals surface area contributed by atoms with Gasteiger partial charge in [-0.15, -0.1) is 0 Å². The molecule has 0 amide bonds. The lowest BCUT2D eigenvalue weighted by molar-refractivity contribution is 0.257. The molecule has 0 atom stereocenters. The summed E-state index contributed by atoms with van der Waals surface area (Å²) < 4.78 is 38.0. The first-order valence-corrected chi connectivity index (χ1v) is 12.6. The number of hydrogen-bond donors (Lipinski definition) is 0. The molecule has 2 aliphatic rings. The number of ether oxygens (including phenoxy) is 4. The van der Waals surface area contributed by atoms with Crippen LogP contribution >= 0.6 is 0 Å². The van der Waals surface area contributed by atoms with Crippen LogP contribution in [0.4, 0.5) is 4.39 Å². The topological polar surface area (TPSA) is 61.6 Å². The van der Waals surface area contributed by atoms with Crippen molar-refractivity contribution in [2.75, 3.05) is 27.3 Å². The summed E-state index contributed by atoms with van der Waals surface area (Å²) in [4.78, 5) is 9.10. The van der Waals surface area contributed by atoms with Crippen LogP contribution in [0.5, 0.6) is 23.0 Å². The van der Waals surface area contributed by atoms with E-state index in [0.717, 1.165) is 72.4 Å². The maximum Gasteiger partial charge on any atom is 0.206 e. The summed E-state index contributed by atoms with van der Waals surface area (Å²) in [6.07, 6.45) is 4.10. The van der Waals surface area contributed by atoms with Crippen molar-refractivity contribution in [1.82, 2.24) is 0 Å². The molecule has 0 N–H and O–H groups in total. The van der Waals surface area contributed by atoms with E-state index in [0.29, 0.717) is 11.5 Å². The van der Waals surface area contributed by atoms with E-state index >= 15 is 4.39 Å². The van der Waals surface area contributed by atoms with Crippen LogP contribution in [0.1, 0.15) is 47.9 Å². The van der Waals surface area contributed by atoms with Crippen LogP contribution in [0, 0.1) is 5.82 Å². The Morgan fingerprint density at radius 1 is 0.676 bits per heavy atom. The molecule has 3 aromatic rings. The van der Waals surface area contributed by atoms with E-state index in [4.69, 9.17) is 18.9 Å². The van der Waals surface area contributed by atoms with Crippen LogP contribution in [-0.2, 0) is 13.2 Å². The Kier molecular flexibility index (Phi) is 7.68. The zero-order chi connectivity index (χ0) is 25.6. The summed E-state index contributed by atoms with van der Waals surface area (Å²) in [5.41, 5.74) is 5.96. The average molecular weight is 503 g/mol. The van der Waals surface area contributed by atoms with E-state index in [1.54, 1.807) is 32.4 Å². The highest BCUT2D eigenvalue weighted by atomic mass is 19.1. The molecule has 3 aromatic carbocycles. The minimum atomic E-state index is -0.547. The maximum absolute atomic E-state index is 15.2. The van der Waals surface area contributed by atoms with Gasteiger partial charge in [0.1, 0.15) is 24.7 Å². The van der Waals surface area contributed by atoms with Crippen LogP contribution in [-0.4, -0.2) is 38.7 Å². The van der Waals surface area contributed by atoms with Crippen molar-refractivity contribution >= 4 is 11.4 Å². The third kappa shape index (κ3) is 5.61. The predicted octanol–water partition coefficient (Wildman–Crippen LogP) is 6.17. The number of aliphatic imine (C=N–C) groups is 2. The van der Waals surface area contributed by atoms with E-state index < -0.39 is 5.82 Å². The molecule has 0 aromatic heterocycles. The van der Waals surface area contributed by atoms with Crippen LogP contribution in [0.3, 0.4) is 0 Å². The van der Waals surface area contributed by atoms with Gasteiger partial charge in [0, 0.05) is 35.6 Å². The summed E-state index contributed by atoms with van der Waals surface area (Å²) in [6, 6.07) is 16.7. The summed E-state index contributed by atoms with van der Waals surface area (Å²) in [7, 11) is 3.24. The molecule has 6 nitrogen and oxygen atoms in total. The minimum Gasteiger partial charge on any atom is -0.496 e. The highest BCUT2D eigenvalue weighted by molar-refractivity contribution is 6.02. The van der Waals surface area contributed by atoms with Crippen LogP contribution in [0.25, 0.3) is 0 Å². The number of halogens is 1. The first kappa shape index (κ1) is 24.8. The molecule has 0 bridgehead atoms. The van der Waals surface area contributed by atoms with Gasteiger partial charge in [0.25, 0.3) is 0 Å². The molecule has 37 heavy (non-hydrogen) atoms. The summed E-state index contributed by atoms with van der Waals surface area (Å²) in [6.45, 7) is 2.06. The molecule has 5 rings (SSSR count). The van der Waals surface area contributed by atoms with Crippen LogP contribution in [0.15, 0.2) is 64.6 Å². The van der Waals surface area contributed by atoms with Gasteiger partial charge in [0.15, 0.2) is 11.5 Å². The lowest BCUT2D eigenvalue weighted by Gasteiger charge is -2.15. The summed E-state index contributed by atoms with van der Waals surface area (Å²) >= 11 is 0. The molecule has 0 saturated heterocycles. The van der Waals surface area contributed by atoms with E-state index in [1.807, 2.05) is 36.4 Å². The molecule has 0 fully saturated rings. The van der Waals surface area contributed by atoms with Crippen LogP contribution < -0.4 is 18.9 Å². The molecule has 0 radical (unpaired) electrons. The number of methoxy groups -OCH3 is 2. The van der Waals surface area contributed by atoms with Gasteiger partial charge in [0.2, 0.25) is 5.82 Å². The van der Waals surface area contributed by atoms with Gasteiger partial charge in [-0.1, -0.05) is 30.3 Å². The average Bonchev–Trinajstić information content (AvgIpc) is 3.67. The number of hydrogen-bond acceptors (Lipinski definition) is 6. The fourth-order valence-electron chi connectivity index (χ4n) is 4.66. The fraction of sp³-hybridized carbons (Fsp3) is 0.333. The lowest BCUT2D eigenvalue weighted by atomic mass is 10.0. The maximum atomic E-state index is 15.2. The molecule has 2 aliphatic heterocycles. The molecule has 0 saturated carbocycles. The van der Waals surface area contributed by atoms with Gasteiger partial charge in [-0.05, 0) is 61.1 Å². The Labute approximate surface area is 216 Å². The number of nitrogens with zero attached hydrogens (tertiary/aromatic N) is 2. The second-order valence-corrected chi connectivity index (χ2v) is 9.06. The van der Waals surface area contributed by atoms with Gasteiger partial charge in [0.05, 0.1) is 14.2 Å². The molecular weight excluding hydrogens is 471 g/mol. The third-order valence-corrected chi connectivity index (χ3v) is 6.68. The predicted molar refractivity (Wildman–Crippen MR) is 142 cm³/mol. The largest absolute Gasteiger partial charge is 0.496 e. The van der Waals surface area contributed by atoms with Crippen molar-refractivity contribution in [2.24, 2.45) is 9.98 Å². The third-order valence-electron chi connectivity index (χ3n) is 6.68. The Bertz CT molecular complexity index is 1240. The van der Waals surface area contributed by atoms with Crippen molar-refractivity contribution < 1.29 is 23.3 Å². The minimum absolute atomic E-state index is 0.116. The first-order chi connectivity index (χ1) is 18.2. The van der Waals surface area contributed by atoms with E-state index in [9.17, 15) is 0 Å². The lowest BCUT2D eigenvalue weighted by Crippen LogP contribution is -2.05. The van der Waals surface area contributed by atoms with Crippen molar-refractivity contribution in [1.29, 1.82) is 0 Å². The smallest absolute Gasteiger partial charge is 0.206 e. The Hall–Kier alpha value is -3.87. The summed E-state index contributed by atoms with van der Waals surface area (Å²) in [5.74, 6) is 1.07. The molecule has 192 valence electrons. The first-order valence-electron chi connectivity index (χ1n) is 12.6. The highest BCUT2D eigenvalue weighted by Crippen LogP contribution is 2.31. The molecule has 0 unspecified atom stereocenters. The quantitative estimate of drug-likeness (QED) is 0.333. The van der Waals surface area contributed by atoms with Gasteiger partial charge in [-0.2, -0.15) is 4.39 Å². The fourth-order valence-corrected chi connectivity index (χ4v) is 4.66. The van der Waals surface area contributed by atoms with Crippen molar-refractivity contribution in [3.05, 3.63) is 82.7 Å². The Morgan fingerprint density at radius 3 is 1.57 bits per heavy atom. The van der Waals surface area contributed by atoms with Gasteiger partial charge in [-0.3, -0.25) is 9.98 Å². The molecular formula is C30H31FN2O4. The zero-order valence-electron chi connectivity index (χ0n) is 21.3. The van der Waals surface area contributed by atoms with Crippen molar-refractivity contribution in [3.8, 4) is 23.0 Å². The number of benzene rings is 3. The Balaban J connectivity index is 1.26. The summed E-state index contributed by atoms with van der Waals surface area (Å²) in [5, 5.41) is 0. The van der Waals surface area contributed by atoms with Crippen molar-refractivity contribution in [2.45, 2.75) is 38.9 Å². The Morgan fingerprint density at radius 2 is 1.16 bits per heavy atom. The second kappa shape index (κ2) is 11.5. The highest BCUT2D eigenvalue weighted by Gasteiger charge is 2.16. The SMILES string of the molecule is COc1cc(C2=NCCC2)ccc1COc1cccc(OCc2ccc(C3=NCCC3)cc2OC)c1F. The molecule has 2 heterocycles. The number of rotatable bonds is 10. The standard InChI is InChI=1S/C30H31FN2O4/c1-34-28-16-20(24-6-4-14-32-24)10-12-22(28)18-36-26-8-3-9-27(30(26)31)37-19-23-13-11-21(17-29(23)35-2)25-7-5-15-33-25/h3,8-13,16-17H,4-7,14-15,18-19H2,1-2H3. The second-order valence-electron chi connectivity index (χ2n) is 9.06. The van der Waals surface area contributed by atoms with Crippen molar-refractivity contribution in [3.63, 3.8) is 0 Å². The molecule has 0 aliphatic carbocycles. The van der Waals surface area contributed by atoms with E-state index in [1.165, 1.54) is 0 Å². The van der Waals surface area contributed by atoms with Crippen LogP contribution in [0.2, 0.25) is 0 Å². The zero-order valence-corrected chi connectivity index (χ0v) is 21.3. The van der Waals surface area contributed by atoms with Gasteiger partial charge >= 0.3 is 0 Å². The molecule has 7 heteroatoms. The normalized spacial score (nSPS) is 14.8. The van der Waals surface area contributed by atoms with E-state index in [2.05, 4.69) is 9.98 Å². The monoisotopic (exact) mass is 502 g/mol. The van der Waals surface area contributed by atoms with E-state index in [-0.39, 0.29) is 24.7 Å². The molecule has 0 spiro atoms. The van der Waals surface area contributed by atoms with Gasteiger partial charge in [-0.25, -0.2) is 0 Å². The van der Waals surface area contributed by atoms with Gasteiger partial charge < -0.3 is 18.9 Å².